The minimum Gasteiger partial charge on any atom is -0.222 e. The molecular weight excluding hydrogens is 323 g/mol. The molecule has 17 heavy (non-hydrogen) atoms. The van der Waals surface area contributed by atoms with E-state index in [0.717, 1.165) is 27.8 Å². The molecule has 1 aromatic carbocycles. The van der Waals surface area contributed by atoms with Gasteiger partial charge < -0.3 is 0 Å². The number of benzene rings is 1. The number of aromatic nitrogens is 2. The van der Waals surface area contributed by atoms with Gasteiger partial charge in [0, 0.05) is 10.0 Å². The summed E-state index contributed by atoms with van der Waals surface area (Å²) >= 11 is 15.6. The summed E-state index contributed by atoms with van der Waals surface area (Å²) in [4.78, 5) is 0. The van der Waals surface area contributed by atoms with Gasteiger partial charge in [-0.15, -0.1) is 11.6 Å². The van der Waals surface area contributed by atoms with Crippen LogP contribution >= 0.6 is 39.1 Å². The number of alkyl halides is 1. The zero-order valence-corrected chi connectivity index (χ0v) is 12.3. The Bertz CT molecular complexity index is 537. The topological polar surface area (TPSA) is 17.8 Å². The van der Waals surface area contributed by atoms with E-state index in [9.17, 15) is 0 Å². The SMILES string of the molecule is CCc1nn(-c2cccc(Br)c2)c(Cl)c1CCl. The summed E-state index contributed by atoms with van der Waals surface area (Å²) in [5.41, 5.74) is 2.79. The molecule has 0 aliphatic rings. The van der Waals surface area contributed by atoms with Gasteiger partial charge in [0.15, 0.2) is 0 Å². The maximum Gasteiger partial charge on any atom is 0.137 e. The van der Waals surface area contributed by atoms with Gasteiger partial charge in [0.1, 0.15) is 5.15 Å². The fourth-order valence-corrected chi connectivity index (χ4v) is 2.71. The summed E-state index contributed by atoms with van der Waals surface area (Å²) in [6.07, 6.45) is 0.822. The van der Waals surface area contributed by atoms with Crippen molar-refractivity contribution in [3.05, 3.63) is 45.1 Å². The van der Waals surface area contributed by atoms with Crippen LogP contribution < -0.4 is 0 Å². The lowest BCUT2D eigenvalue weighted by Crippen LogP contribution is -1.97. The molecule has 0 aliphatic heterocycles. The van der Waals surface area contributed by atoms with Crippen LogP contribution in [0.2, 0.25) is 5.15 Å². The largest absolute Gasteiger partial charge is 0.222 e. The molecule has 0 N–H and O–H groups in total. The lowest BCUT2D eigenvalue weighted by atomic mass is 10.2. The maximum absolute atomic E-state index is 6.30. The van der Waals surface area contributed by atoms with Gasteiger partial charge in [0.25, 0.3) is 0 Å². The van der Waals surface area contributed by atoms with Gasteiger partial charge in [-0.05, 0) is 24.6 Å². The summed E-state index contributed by atoms with van der Waals surface area (Å²) in [7, 11) is 0. The lowest BCUT2D eigenvalue weighted by Gasteiger charge is -2.03. The van der Waals surface area contributed by atoms with Crippen molar-refractivity contribution < 1.29 is 0 Å². The van der Waals surface area contributed by atoms with Crippen LogP contribution in [-0.4, -0.2) is 9.78 Å². The third-order valence-corrected chi connectivity index (χ3v) is 3.67. The van der Waals surface area contributed by atoms with Gasteiger partial charge in [-0.2, -0.15) is 5.10 Å². The number of hydrogen-bond acceptors (Lipinski definition) is 1. The Morgan fingerprint density at radius 3 is 2.71 bits per heavy atom. The van der Waals surface area contributed by atoms with E-state index in [2.05, 4.69) is 21.0 Å². The van der Waals surface area contributed by atoms with Crippen molar-refractivity contribution in [3.63, 3.8) is 0 Å². The standard InChI is InChI=1S/C12H11BrCl2N2/c1-2-11-10(7-14)12(15)17(16-11)9-5-3-4-8(13)6-9/h3-6H,2,7H2,1H3. The van der Waals surface area contributed by atoms with E-state index in [-0.39, 0.29) is 0 Å². The summed E-state index contributed by atoms with van der Waals surface area (Å²) in [6, 6.07) is 7.84. The summed E-state index contributed by atoms with van der Waals surface area (Å²) < 4.78 is 2.72. The van der Waals surface area contributed by atoms with Crippen molar-refractivity contribution >= 4 is 39.1 Å². The van der Waals surface area contributed by atoms with E-state index in [1.54, 1.807) is 4.68 Å². The van der Waals surface area contributed by atoms with E-state index in [1.807, 2.05) is 31.2 Å². The highest BCUT2D eigenvalue weighted by Crippen LogP contribution is 2.26. The van der Waals surface area contributed by atoms with Gasteiger partial charge in [0.2, 0.25) is 0 Å². The Kier molecular flexibility index (Phi) is 4.13. The molecule has 90 valence electrons. The average molecular weight is 334 g/mol. The van der Waals surface area contributed by atoms with Gasteiger partial charge in [0.05, 0.1) is 17.3 Å². The van der Waals surface area contributed by atoms with Gasteiger partial charge >= 0.3 is 0 Å². The molecule has 0 amide bonds. The van der Waals surface area contributed by atoms with Crippen LogP contribution in [0.3, 0.4) is 0 Å². The molecule has 0 saturated heterocycles. The predicted octanol–water partition coefficient (Wildman–Crippen LogP) is 4.59. The van der Waals surface area contributed by atoms with E-state index in [0.29, 0.717) is 11.0 Å². The molecule has 0 unspecified atom stereocenters. The van der Waals surface area contributed by atoms with Crippen LogP contribution in [0.1, 0.15) is 18.2 Å². The van der Waals surface area contributed by atoms with Crippen molar-refractivity contribution in [2.75, 3.05) is 0 Å². The average Bonchev–Trinajstić information content (AvgIpc) is 2.65. The third-order valence-electron chi connectivity index (χ3n) is 2.53. The van der Waals surface area contributed by atoms with Crippen molar-refractivity contribution in [1.29, 1.82) is 0 Å². The molecule has 0 fully saturated rings. The number of halogens is 3. The Balaban J connectivity index is 2.56. The molecule has 2 aromatic rings. The minimum absolute atomic E-state index is 0.385. The predicted molar refractivity (Wildman–Crippen MR) is 75.2 cm³/mol. The van der Waals surface area contributed by atoms with Crippen LogP contribution in [0.15, 0.2) is 28.7 Å². The fourth-order valence-electron chi connectivity index (χ4n) is 1.67. The quantitative estimate of drug-likeness (QED) is 0.751. The Labute approximate surface area is 119 Å². The third kappa shape index (κ3) is 2.51. The summed E-state index contributed by atoms with van der Waals surface area (Å²) in [6.45, 7) is 2.04. The minimum atomic E-state index is 0.385. The number of aryl methyl sites for hydroxylation is 1. The van der Waals surface area contributed by atoms with Gasteiger partial charge in [-0.3, -0.25) is 0 Å². The molecule has 0 bridgehead atoms. The number of nitrogens with zero attached hydrogens (tertiary/aromatic N) is 2. The van der Waals surface area contributed by atoms with Gasteiger partial charge in [-0.1, -0.05) is 40.5 Å². The van der Waals surface area contributed by atoms with E-state index in [1.165, 1.54) is 0 Å². The number of rotatable bonds is 3. The zero-order valence-electron chi connectivity index (χ0n) is 9.25. The fraction of sp³-hybridized carbons (Fsp3) is 0.250. The second kappa shape index (κ2) is 5.42. The van der Waals surface area contributed by atoms with Crippen LogP contribution in [0.4, 0.5) is 0 Å². The van der Waals surface area contributed by atoms with Crippen LogP contribution in [0.5, 0.6) is 0 Å². The molecule has 0 radical (unpaired) electrons. The molecule has 0 atom stereocenters. The maximum atomic E-state index is 6.30. The highest BCUT2D eigenvalue weighted by molar-refractivity contribution is 9.10. The lowest BCUT2D eigenvalue weighted by molar-refractivity contribution is 0.841. The van der Waals surface area contributed by atoms with Crippen LogP contribution in [0.25, 0.3) is 5.69 Å². The molecule has 1 aromatic heterocycles. The molecule has 0 aliphatic carbocycles. The molecule has 5 heteroatoms. The molecule has 1 heterocycles. The van der Waals surface area contributed by atoms with Crippen molar-refractivity contribution in [1.82, 2.24) is 9.78 Å². The first-order valence-electron chi connectivity index (χ1n) is 5.25. The monoisotopic (exact) mass is 332 g/mol. The first kappa shape index (κ1) is 12.9. The Morgan fingerprint density at radius 1 is 1.41 bits per heavy atom. The second-order valence-corrected chi connectivity index (χ2v) is 5.14. The normalized spacial score (nSPS) is 10.8. The van der Waals surface area contributed by atoms with Crippen molar-refractivity contribution in [2.24, 2.45) is 0 Å². The highest BCUT2D eigenvalue weighted by atomic mass is 79.9. The van der Waals surface area contributed by atoms with E-state index < -0.39 is 0 Å². The first-order valence-corrected chi connectivity index (χ1v) is 6.96. The van der Waals surface area contributed by atoms with Gasteiger partial charge in [-0.25, -0.2) is 4.68 Å². The van der Waals surface area contributed by atoms with Crippen molar-refractivity contribution in [3.8, 4) is 5.69 Å². The Hall–Kier alpha value is -0.510. The Morgan fingerprint density at radius 2 is 2.18 bits per heavy atom. The summed E-state index contributed by atoms with van der Waals surface area (Å²) in [5.74, 6) is 0.385. The smallest absolute Gasteiger partial charge is 0.137 e. The second-order valence-electron chi connectivity index (χ2n) is 3.59. The van der Waals surface area contributed by atoms with Crippen LogP contribution in [-0.2, 0) is 12.3 Å². The van der Waals surface area contributed by atoms with E-state index in [4.69, 9.17) is 23.2 Å². The first-order chi connectivity index (χ1) is 8.17. The number of hydrogen-bond donors (Lipinski definition) is 0. The molecule has 2 rings (SSSR count). The zero-order chi connectivity index (χ0) is 12.4. The van der Waals surface area contributed by atoms with Crippen molar-refractivity contribution in [2.45, 2.75) is 19.2 Å². The molecule has 2 nitrogen and oxygen atoms in total. The molecular formula is C12H11BrCl2N2. The summed E-state index contributed by atoms with van der Waals surface area (Å²) in [5, 5.41) is 5.08. The van der Waals surface area contributed by atoms with Crippen LogP contribution in [0, 0.1) is 0 Å². The molecule has 0 spiro atoms. The molecule has 0 saturated carbocycles. The van der Waals surface area contributed by atoms with E-state index >= 15 is 0 Å². The highest BCUT2D eigenvalue weighted by Gasteiger charge is 2.15.